The van der Waals surface area contributed by atoms with Crippen LogP contribution < -0.4 is 5.73 Å². The quantitative estimate of drug-likeness (QED) is 0.857. The van der Waals surface area contributed by atoms with Crippen LogP contribution in [0.15, 0.2) is 22.7 Å². The van der Waals surface area contributed by atoms with Gasteiger partial charge >= 0.3 is 0 Å². The van der Waals surface area contributed by atoms with Crippen molar-refractivity contribution < 1.29 is 0 Å². The van der Waals surface area contributed by atoms with Gasteiger partial charge in [0.05, 0.1) is 0 Å². The number of likely N-dealkylation sites (tertiary alicyclic amines) is 1. The SMILES string of the molecule is CN1CCC(CN(C)C(CN)c2cc(Br)ccc2Cl)CC1. The van der Waals surface area contributed by atoms with Crippen LogP contribution in [0.4, 0.5) is 0 Å². The Hall–Kier alpha value is -0.130. The highest BCUT2D eigenvalue weighted by Crippen LogP contribution is 2.30. The molecule has 1 atom stereocenters. The zero-order chi connectivity index (χ0) is 15.4. The fraction of sp³-hybridized carbons (Fsp3) is 0.625. The molecule has 0 saturated carbocycles. The zero-order valence-corrected chi connectivity index (χ0v) is 15.2. The molecule has 2 N–H and O–H groups in total. The highest BCUT2D eigenvalue weighted by molar-refractivity contribution is 9.10. The molecule has 21 heavy (non-hydrogen) atoms. The van der Waals surface area contributed by atoms with Crippen LogP contribution >= 0.6 is 27.5 Å². The second-order valence-corrected chi connectivity index (χ2v) is 7.43. The smallest absolute Gasteiger partial charge is 0.0482 e. The maximum atomic E-state index is 6.37. The third-order valence-electron chi connectivity index (χ3n) is 4.46. The molecule has 0 aromatic heterocycles. The molecule has 118 valence electrons. The highest BCUT2D eigenvalue weighted by atomic mass is 79.9. The maximum absolute atomic E-state index is 6.37. The fourth-order valence-electron chi connectivity index (χ4n) is 3.09. The summed E-state index contributed by atoms with van der Waals surface area (Å²) in [5, 5.41) is 0.795. The van der Waals surface area contributed by atoms with Gasteiger partial charge in [0.2, 0.25) is 0 Å². The van der Waals surface area contributed by atoms with Gasteiger partial charge in [-0.1, -0.05) is 27.5 Å². The van der Waals surface area contributed by atoms with E-state index < -0.39 is 0 Å². The van der Waals surface area contributed by atoms with Gasteiger partial charge < -0.3 is 10.6 Å². The van der Waals surface area contributed by atoms with E-state index in [9.17, 15) is 0 Å². The second-order valence-electron chi connectivity index (χ2n) is 6.10. The van der Waals surface area contributed by atoms with Crippen LogP contribution in [0.5, 0.6) is 0 Å². The van der Waals surface area contributed by atoms with E-state index in [0.29, 0.717) is 6.54 Å². The summed E-state index contributed by atoms with van der Waals surface area (Å²) >= 11 is 9.89. The molecular formula is C16H25BrClN3. The Morgan fingerprint density at radius 3 is 2.71 bits per heavy atom. The lowest BCUT2D eigenvalue weighted by molar-refractivity contribution is 0.151. The van der Waals surface area contributed by atoms with Gasteiger partial charge in [0.1, 0.15) is 0 Å². The van der Waals surface area contributed by atoms with Gasteiger partial charge in [-0.3, -0.25) is 4.90 Å². The lowest BCUT2D eigenvalue weighted by atomic mass is 9.95. The van der Waals surface area contributed by atoms with Crippen LogP contribution in [0.1, 0.15) is 24.4 Å². The summed E-state index contributed by atoms with van der Waals surface area (Å²) in [6.45, 7) is 4.06. The minimum Gasteiger partial charge on any atom is -0.329 e. The Bertz CT molecular complexity index is 461. The van der Waals surface area contributed by atoms with E-state index in [1.54, 1.807) is 0 Å². The molecule has 3 nitrogen and oxygen atoms in total. The summed E-state index contributed by atoms with van der Waals surface area (Å²) in [5.41, 5.74) is 7.14. The van der Waals surface area contributed by atoms with Gasteiger partial charge in [-0.2, -0.15) is 0 Å². The first-order valence-electron chi connectivity index (χ1n) is 7.55. The summed E-state index contributed by atoms with van der Waals surface area (Å²) in [6, 6.07) is 6.17. The van der Waals surface area contributed by atoms with Crippen molar-refractivity contribution in [1.29, 1.82) is 0 Å². The molecule has 1 fully saturated rings. The molecule has 1 unspecified atom stereocenters. The summed E-state index contributed by atoms with van der Waals surface area (Å²) in [7, 11) is 4.36. The van der Waals surface area contributed by atoms with E-state index >= 15 is 0 Å². The summed E-state index contributed by atoms with van der Waals surface area (Å²) in [6.07, 6.45) is 2.54. The molecule has 0 radical (unpaired) electrons. The van der Waals surface area contributed by atoms with Crippen molar-refractivity contribution in [3.05, 3.63) is 33.3 Å². The normalized spacial score (nSPS) is 19.1. The average Bonchev–Trinajstić information content (AvgIpc) is 2.46. The maximum Gasteiger partial charge on any atom is 0.0482 e. The Balaban J connectivity index is 2.04. The van der Waals surface area contributed by atoms with E-state index in [1.807, 2.05) is 12.1 Å². The predicted molar refractivity (Wildman–Crippen MR) is 93.8 cm³/mol. The molecule has 1 saturated heterocycles. The van der Waals surface area contributed by atoms with E-state index in [4.69, 9.17) is 17.3 Å². The van der Waals surface area contributed by atoms with Gasteiger partial charge in [0.15, 0.2) is 0 Å². The molecule has 1 aliphatic rings. The summed E-state index contributed by atoms with van der Waals surface area (Å²) in [4.78, 5) is 4.77. The topological polar surface area (TPSA) is 32.5 Å². The van der Waals surface area contributed by atoms with Gasteiger partial charge in [0.25, 0.3) is 0 Å². The molecule has 1 aliphatic heterocycles. The minimum atomic E-state index is 0.176. The Kier molecular flexibility index (Phi) is 6.51. The first-order chi connectivity index (χ1) is 10.0. The first kappa shape index (κ1) is 17.2. The van der Waals surface area contributed by atoms with E-state index in [-0.39, 0.29) is 6.04 Å². The Morgan fingerprint density at radius 1 is 1.43 bits per heavy atom. The Labute approximate surface area is 141 Å². The molecular weight excluding hydrogens is 350 g/mol. The number of benzene rings is 1. The molecule has 0 spiro atoms. The highest BCUT2D eigenvalue weighted by Gasteiger charge is 2.23. The first-order valence-corrected chi connectivity index (χ1v) is 8.72. The van der Waals surface area contributed by atoms with Crippen LogP contribution in [0.3, 0.4) is 0 Å². The number of likely N-dealkylation sites (N-methyl/N-ethyl adjacent to an activating group) is 1. The van der Waals surface area contributed by atoms with Crippen LogP contribution in [-0.2, 0) is 0 Å². The third-order valence-corrected chi connectivity index (χ3v) is 5.29. The standard InChI is InChI=1S/C16H25BrClN3/c1-20-7-5-12(6-8-20)11-21(2)16(10-19)14-9-13(17)3-4-15(14)18/h3-4,9,12,16H,5-8,10-11,19H2,1-2H3. The van der Waals surface area contributed by atoms with Gasteiger partial charge in [-0.25, -0.2) is 0 Å². The van der Waals surface area contributed by atoms with E-state index in [2.05, 4.69) is 45.9 Å². The largest absolute Gasteiger partial charge is 0.329 e. The lowest BCUT2D eigenvalue weighted by Gasteiger charge is -2.35. The van der Waals surface area contributed by atoms with E-state index in [1.165, 1.54) is 25.9 Å². The molecule has 0 amide bonds. The van der Waals surface area contributed by atoms with Crippen LogP contribution in [0.2, 0.25) is 5.02 Å². The molecule has 1 aromatic carbocycles. The number of hydrogen-bond acceptors (Lipinski definition) is 3. The molecule has 1 aromatic rings. The van der Waals surface area contributed by atoms with Crippen LogP contribution in [0.25, 0.3) is 0 Å². The number of nitrogens with two attached hydrogens (primary N) is 1. The van der Waals surface area contributed by atoms with Crippen molar-refractivity contribution in [2.24, 2.45) is 11.7 Å². The third kappa shape index (κ3) is 4.67. The monoisotopic (exact) mass is 373 g/mol. The van der Waals surface area contributed by atoms with Gasteiger partial charge in [0, 0.05) is 28.6 Å². The number of halogens is 2. The summed E-state index contributed by atoms with van der Waals surface area (Å²) < 4.78 is 1.05. The lowest BCUT2D eigenvalue weighted by Crippen LogP contribution is -2.38. The Morgan fingerprint density at radius 2 is 2.10 bits per heavy atom. The van der Waals surface area contributed by atoms with Crippen LogP contribution in [-0.4, -0.2) is 50.1 Å². The summed E-state index contributed by atoms with van der Waals surface area (Å²) in [5.74, 6) is 0.756. The zero-order valence-electron chi connectivity index (χ0n) is 12.9. The van der Waals surface area contributed by atoms with Crippen molar-refractivity contribution in [1.82, 2.24) is 9.80 Å². The average molecular weight is 375 g/mol. The van der Waals surface area contributed by atoms with Gasteiger partial charge in [-0.05, 0) is 69.7 Å². The molecule has 0 aliphatic carbocycles. The van der Waals surface area contributed by atoms with E-state index in [0.717, 1.165) is 27.5 Å². The van der Waals surface area contributed by atoms with Crippen molar-refractivity contribution in [3.8, 4) is 0 Å². The number of hydrogen-bond donors (Lipinski definition) is 1. The van der Waals surface area contributed by atoms with Crippen LogP contribution in [0, 0.1) is 5.92 Å². The van der Waals surface area contributed by atoms with Crippen molar-refractivity contribution in [2.45, 2.75) is 18.9 Å². The van der Waals surface area contributed by atoms with Crippen molar-refractivity contribution in [2.75, 3.05) is 40.3 Å². The van der Waals surface area contributed by atoms with Gasteiger partial charge in [-0.15, -0.1) is 0 Å². The molecule has 2 rings (SSSR count). The van der Waals surface area contributed by atoms with Crippen molar-refractivity contribution >= 4 is 27.5 Å². The number of rotatable bonds is 5. The fourth-order valence-corrected chi connectivity index (χ4v) is 3.72. The molecule has 5 heteroatoms. The molecule has 0 bridgehead atoms. The molecule has 1 heterocycles. The van der Waals surface area contributed by atoms with Crippen molar-refractivity contribution in [3.63, 3.8) is 0 Å². The predicted octanol–water partition coefficient (Wildman–Crippen LogP) is 3.38. The minimum absolute atomic E-state index is 0.176. The number of nitrogens with zero attached hydrogens (tertiary/aromatic N) is 2. The number of piperidine rings is 1. The second kappa shape index (κ2) is 7.93.